The van der Waals surface area contributed by atoms with E-state index < -0.39 is 0 Å². The van der Waals surface area contributed by atoms with Gasteiger partial charge in [-0.05, 0) is 30.2 Å². The summed E-state index contributed by atoms with van der Waals surface area (Å²) in [5.74, 6) is 0.337. The molecule has 0 saturated carbocycles. The lowest BCUT2D eigenvalue weighted by molar-refractivity contribution is -0.120. The van der Waals surface area contributed by atoms with Crippen molar-refractivity contribution < 1.29 is 9.53 Å². The predicted molar refractivity (Wildman–Crippen MR) is 98.5 cm³/mol. The fraction of sp³-hybridized carbons (Fsp3) is 0.143. The second-order valence-corrected chi connectivity index (χ2v) is 5.76. The zero-order valence-electron chi connectivity index (χ0n) is 14.1. The van der Waals surface area contributed by atoms with Crippen molar-refractivity contribution in [3.8, 4) is 5.88 Å². The van der Waals surface area contributed by atoms with Gasteiger partial charge in [0.2, 0.25) is 5.88 Å². The minimum atomic E-state index is -0.113. The van der Waals surface area contributed by atoms with E-state index in [4.69, 9.17) is 4.74 Å². The molecular formula is C21H20N2O2. The molecule has 0 bridgehead atoms. The third-order valence-electron chi connectivity index (χ3n) is 3.78. The molecule has 0 aliphatic rings. The average molecular weight is 332 g/mol. The number of nitrogens with zero attached hydrogens (tertiary/aromatic N) is 2. The summed E-state index contributed by atoms with van der Waals surface area (Å²) in [7, 11) is 0. The number of aryl methyl sites for hydroxylation is 1. The molecule has 0 radical (unpaired) electrons. The van der Waals surface area contributed by atoms with E-state index in [1.165, 1.54) is 0 Å². The Balaban J connectivity index is 1.74. The zero-order valence-corrected chi connectivity index (χ0v) is 14.1. The minimum absolute atomic E-state index is 0.0577. The number of rotatable bonds is 6. The first-order valence-corrected chi connectivity index (χ1v) is 8.17. The maximum atomic E-state index is 12.8. The highest BCUT2D eigenvalue weighted by Crippen LogP contribution is 2.17. The van der Waals surface area contributed by atoms with Crippen molar-refractivity contribution in [2.45, 2.75) is 13.5 Å². The number of anilines is 1. The van der Waals surface area contributed by atoms with Gasteiger partial charge in [-0.2, -0.15) is 0 Å². The summed E-state index contributed by atoms with van der Waals surface area (Å²) in [5, 5.41) is 0. The molecule has 4 nitrogen and oxygen atoms in total. The molecule has 2 aromatic carbocycles. The van der Waals surface area contributed by atoms with Crippen molar-refractivity contribution >= 4 is 11.6 Å². The summed E-state index contributed by atoms with van der Waals surface area (Å²) in [4.78, 5) is 18.7. The van der Waals surface area contributed by atoms with Gasteiger partial charge in [-0.3, -0.25) is 4.79 Å². The van der Waals surface area contributed by atoms with Crippen LogP contribution in [0.3, 0.4) is 0 Å². The second-order valence-electron chi connectivity index (χ2n) is 5.76. The number of hydrogen-bond acceptors (Lipinski definition) is 3. The van der Waals surface area contributed by atoms with Gasteiger partial charge in [0.1, 0.15) is 0 Å². The van der Waals surface area contributed by atoms with Crippen molar-refractivity contribution in [3.05, 3.63) is 90.1 Å². The number of ether oxygens (including phenoxy) is 1. The molecule has 0 N–H and O–H groups in total. The fourth-order valence-corrected chi connectivity index (χ4v) is 2.45. The molecule has 1 heterocycles. The number of carbonyl (C=O) groups excluding carboxylic acids is 1. The van der Waals surface area contributed by atoms with Crippen molar-refractivity contribution in [1.82, 2.24) is 4.98 Å². The van der Waals surface area contributed by atoms with Gasteiger partial charge in [-0.15, -0.1) is 0 Å². The van der Waals surface area contributed by atoms with Crippen LogP contribution in [0.15, 0.2) is 79.0 Å². The van der Waals surface area contributed by atoms with E-state index in [-0.39, 0.29) is 12.5 Å². The van der Waals surface area contributed by atoms with E-state index >= 15 is 0 Å². The molecular weight excluding hydrogens is 312 g/mol. The highest BCUT2D eigenvalue weighted by molar-refractivity contribution is 5.94. The number of para-hydroxylation sites is 1. The van der Waals surface area contributed by atoms with Gasteiger partial charge in [0.05, 0.1) is 6.54 Å². The molecule has 3 rings (SSSR count). The smallest absolute Gasteiger partial charge is 0.265 e. The van der Waals surface area contributed by atoms with E-state index in [0.29, 0.717) is 12.4 Å². The van der Waals surface area contributed by atoms with Crippen molar-refractivity contribution in [2.75, 3.05) is 11.5 Å². The zero-order chi connectivity index (χ0) is 17.5. The van der Waals surface area contributed by atoms with Crippen LogP contribution >= 0.6 is 0 Å². The van der Waals surface area contributed by atoms with Crippen LogP contribution in [0.25, 0.3) is 0 Å². The van der Waals surface area contributed by atoms with Crippen LogP contribution in [0.5, 0.6) is 5.88 Å². The molecule has 0 aliphatic carbocycles. The molecule has 1 amide bonds. The Bertz CT molecular complexity index is 802. The van der Waals surface area contributed by atoms with E-state index in [9.17, 15) is 4.79 Å². The second kappa shape index (κ2) is 8.11. The summed E-state index contributed by atoms with van der Waals surface area (Å²) in [5.41, 5.74) is 2.96. The first kappa shape index (κ1) is 16.7. The number of pyridine rings is 1. The summed E-state index contributed by atoms with van der Waals surface area (Å²) < 4.78 is 5.56. The Morgan fingerprint density at radius 3 is 2.28 bits per heavy atom. The van der Waals surface area contributed by atoms with Crippen LogP contribution in [0.1, 0.15) is 11.1 Å². The highest BCUT2D eigenvalue weighted by atomic mass is 16.5. The highest BCUT2D eigenvalue weighted by Gasteiger charge is 2.17. The quantitative estimate of drug-likeness (QED) is 0.685. The third kappa shape index (κ3) is 4.67. The largest absolute Gasteiger partial charge is 0.468 e. The molecule has 0 unspecified atom stereocenters. The Morgan fingerprint density at radius 1 is 0.960 bits per heavy atom. The van der Waals surface area contributed by atoms with Gasteiger partial charge in [-0.25, -0.2) is 4.98 Å². The predicted octanol–water partition coefficient (Wildman–Crippen LogP) is 4.00. The van der Waals surface area contributed by atoms with Crippen molar-refractivity contribution in [3.63, 3.8) is 0 Å². The summed E-state index contributed by atoms with van der Waals surface area (Å²) in [6.45, 7) is 2.39. The molecule has 25 heavy (non-hydrogen) atoms. The average Bonchev–Trinajstić information content (AvgIpc) is 2.67. The topological polar surface area (TPSA) is 42.4 Å². The van der Waals surface area contributed by atoms with Crippen LogP contribution in [-0.2, 0) is 11.3 Å². The van der Waals surface area contributed by atoms with Gasteiger partial charge in [-0.1, -0.05) is 54.6 Å². The Morgan fingerprint density at radius 2 is 1.64 bits per heavy atom. The maximum Gasteiger partial charge on any atom is 0.265 e. The Labute approximate surface area is 147 Å². The number of aromatic nitrogens is 1. The summed E-state index contributed by atoms with van der Waals surface area (Å²) in [6.07, 6.45) is 1.72. The minimum Gasteiger partial charge on any atom is -0.468 e. The molecule has 0 spiro atoms. The van der Waals surface area contributed by atoms with Crippen molar-refractivity contribution in [1.29, 1.82) is 0 Å². The van der Waals surface area contributed by atoms with Crippen LogP contribution in [0, 0.1) is 6.92 Å². The molecule has 4 heteroatoms. The number of carbonyl (C=O) groups is 1. The monoisotopic (exact) mass is 332 g/mol. The van der Waals surface area contributed by atoms with Crippen LogP contribution in [0.4, 0.5) is 5.69 Å². The molecule has 3 aromatic rings. The standard InChI is InChI=1S/C21H20N2O2/c1-17-12-13-20(22-14-17)25-16-21(24)23(19-10-6-3-7-11-19)15-18-8-4-2-5-9-18/h2-14H,15-16H2,1H3. The lowest BCUT2D eigenvalue weighted by atomic mass is 10.2. The first-order valence-electron chi connectivity index (χ1n) is 8.17. The Hall–Kier alpha value is -3.14. The van der Waals surface area contributed by atoms with Gasteiger partial charge in [0.25, 0.3) is 5.91 Å². The molecule has 1 aromatic heterocycles. The molecule has 0 saturated heterocycles. The first-order chi connectivity index (χ1) is 12.2. The lowest BCUT2D eigenvalue weighted by Crippen LogP contribution is -2.34. The SMILES string of the molecule is Cc1ccc(OCC(=O)N(Cc2ccccc2)c2ccccc2)nc1. The summed E-state index contributed by atoms with van der Waals surface area (Å²) in [6, 6.07) is 23.2. The van der Waals surface area contributed by atoms with E-state index in [1.807, 2.05) is 73.7 Å². The van der Waals surface area contributed by atoms with Gasteiger partial charge in [0.15, 0.2) is 6.61 Å². The van der Waals surface area contributed by atoms with Crippen molar-refractivity contribution in [2.24, 2.45) is 0 Å². The number of hydrogen-bond donors (Lipinski definition) is 0. The fourth-order valence-electron chi connectivity index (χ4n) is 2.45. The molecule has 126 valence electrons. The summed E-state index contributed by atoms with van der Waals surface area (Å²) >= 11 is 0. The van der Waals surface area contributed by atoms with E-state index in [1.54, 1.807) is 17.2 Å². The third-order valence-corrected chi connectivity index (χ3v) is 3.78. The van der Waals surface area contributed by atoms with Gasteiger partial charge >= 0.3 is 0 Å². The normalized spacial score (nSPS) is 10.3. The van der Waals surface area contributed by atoms with Crippen LogP contribution in [-0.4, -0.2) is 17.5 Å². The Kier molecular flexibility index (Phi) is 5.42. The maximum absolute atomic E-state index is 12.8. The molecule has 0 atom stereocenters. The molecule has 0 aliphatic heterocycles. The van der Waals surface area contributed by atoms with Gasteiger partial charge in [0, 0.05) is 18.0 Å². The number of amides is 1. The van der Waals surface area contributed by atoms with Crippen LogP contribution < -0.4 is 9.64 Å². The lowest BCUT2D eigenvalue weighted by Gasteiger charge is -2.23. The van der Waals surface area contributed by atoms with Gasteiger partial charge < -0.3 is 9.64 Å². The number of benzene rings is 2. The van der Waals surface area contributed by atoms with E-state index in [0.717, 1.165) is 16.8 Å². The van der Waals surface area contributed by atoms with Crippen LogP contribution in [0.2, 0.25) is 0 Å². The molecule has 0 fully saturated rings. The van der Waals surface area contributed by atoms with E-state index in [2.05, 4.69) is 4.98 Å².